The van der Waals surface area contributed by atoms with E-state index in [1.165, 1.54) is 12.5 Å². The average Bonchev–Trinajstić information content (AvgIpc) is 3.18. The van der Waals surface area contributed by atoms with E-state index in [0.29, 0.717) is 29.5 Å². The number of carbonyl (C=O) groups is 1. The first-order chi connectivity index (χ1) is 16.6. The molecule has 174 valence electrons. The van der Waals surface area contributed by atoms with Gasteiger partial charge >= 0.3 is 0 Å². The Morgan fingerprint density at radius 2 is 1.68 bits per heavy atom. The predicted molar refractivity (Wildman–Crippen MR) is 132 cm³/mol. The van der Waals surface area contributed by atoms with Crippen LogP contribution < -0.4 is 10.9 Å². The number of carbonyl (C=O) groups excluding carboxylic acids is 1. The summed E-state index contributed by atoms with van der Waals surface area (Å²) in [7, 11) is 0. The molecule has 0 unspecified atom stereocenters. The van der Waals surface area contributed by atoms with Crippen LogP contribution in [0.15, 0.2) is 77.6 Å². The van der Waals surface area contributed by atoms with Gasteiger partial charge in [-0.3, -0.25) is 14.3 Å². The summed E-state index contributed by atoms with van der Waals surface area (Å²) in [6.07, 6.45) is 6.00. The highest BCUT2D eigenvalue weighted by atomic mass is 19.1. The van der Waals surface area contributed by atoms with Gasteiger partial charge in [0.15, 0.2) is 0 Å². The van der Waals surface area contributed by atoms with Crippen molar-refractivity contribution in [2.45, 2.75) is 44.6 Å². The Labute approximate surface area is 197 Å². The van der Waals surface area contributed by atoms with Crippen molar-refractivity contribution < 1.29 is 9.18 Å². The van der Waals surface area contributed by atoms with Crippen LogP contribution in [0.5, 0.6) is 0 Å². The standard InChI is InChI=1S/C28H28FN3O2/c29-25-14-8-7-9-20(25)17-18-30-27(33)21-15-16-26-24(19-21)28(34)32(23-12-5-2-6-13-23)31(26)22-10-3-1-4-11-22/h2,5-9,12-16,19,22H,1,3-4,10-11,17-18H2,(H,30,33). The van der Waals surface area contributed by atoms with E-state index in [1.54, 1.807) is 35.0 Å². The zero-order chi connectivity index (χ0) is 23.5. The molecule has 4 aromatic rings. The van der Waals surface area contributed by atoms with Crippen LogP contribution in [-0.4, -0.2) is 21.8 Å². The third-order valence-electron chi connectivity index (χ3n) is 6.70. The van der Waals surface area contributed by atoms with Crippen molar-refractivity contribution in [3.05, 3.63) is 100 Å². The van der Waals surface area contributed by atoms with Crippen LogP contribution in [0, 0.1) is 5.82 Å². The van der Waals surface area contributed by atoms with Gasteiger partial charge in [0.25, 0.3) is 11.5 Å². The van der Waals surface area contributed by atoms with Crippen molar-refractivity contribution in [3.63, 3.8) is 0 Å². The Morgan fingerprint density at radius 1 is 0.941 bits per heavy atom. The number of nitrogens with one attached hydrogen (secondary N) is 1. The van der Waals surface area contributed by atoms with E-state index < -0.39 is 0 Å². The molecule has 0 bridgehead atoms. The molecular weight excluding hydrogens is 429 g/mol. The Hall–Kier alpha value is -3.67. The summed E-state index contributed by atoms with van der Waals surface area (Å²) in [6, 6.07) is 21.8. The lowest BCUT2D eigenvalue weighted by Gasteiger charge is -2.26. The zero-order valence-corrected chi connectivity index (χ0v) is 19.0. The largest absolute Gasteiger partial charge is 0.352 e. The van der Waals surface area contributed by atoms with Crippen LogP contribution in [0.4, 0.5) is 4.39 Å². The first-order valence-corrected chi connectivity index (χ1v) is 12.0. The molecule has 0 spiro atoms. The predicted octanol–water partition coefficient (Wildman–Crippen LogP) is 5.41. The molecule has 0 radical (unpaired) electrons. The summed E-state index contributed by atoms with van der Waals surface area (Å²) in [5, 5.41) is 3.39. The molecular formula is C28H28FN3O2. The Bertz CT molecular complexity index is 1370. The van der Waals surface area contributed by atoms with Crippen LogP contribution in [0.25, 0.3) is 16.6 Å². The van der Waals surface area contributed by atoms with Gasteiger partial charge in [-0.15, -0.1) is 0 Å². The SMILES string of the molecule is O=C(NCCc1ccccc1F)c1ccc2c(c1)c(=O)n(-c1ccccc1)n2C1CCCCC1. The molecule has 1 fully saturated rings. The van der Waals surface area contributed by atoms with Gasteiger partial charge in [-0.05, 0) is 61.2 Å². The van der Waals surface area contributed by atoms with Crippen LogP contribution in [-0.2, 0) is 6.42 Å². The summed E-state index contributed by atoms with van der Waals surface area (Å²) >= 11 is 0. The van der Waals surface area contributed by atoms with Crippen LogP contribution in [0.3, 0.4) is 0 Å². The topological polar surface area (TPSA) is 56.0 Å². The molecule has 3 aromatic carbocycles. The number of amides is 1. The van der Waals surface area contributed by atoms with E-state index in [4.69, 9.17) is 0 Å². The molecule has 1 aliphatic carbocycles. The van der Waals surface area contributed by atoms with E-state index in [1.807, 2.05) is 36.4 Å². The van der Waals surface area contributed by atoms with Gasteiger partial charge in [-0.25, -0.2) is 9.07 Å². The third-order valence-corrected chi connectivity index (χ3v) is 6.70. The number of nitrogens with zero attached hydrogens (tertiary/aromatic N) is 2. The lowest BCUT2D eigenvalue weighted by molar-refractivity contribution is 0.0954. The minimum atomic E-state index is -0.274. The highest BCUT2D eigenvalue weighted by Gasteiger charge is 2.24. The van der Waals surface area contributed by atoms with E-state index in [0.717, 1.165) is 36.9 Å². The lowest BCUT2D eigenvalue weighted by atomic mass is 9.95. The van der Waals surface area contributed by atoms with E-state index >= 15 is 0 Å². The second-order valence-electron chi connectivity index (χ2n) is 8.92. The van der Waals surface area contributed by atoms with Crippen LogP contribution in [0.1, 0.15) is 54.1 Å². The van der Waals surface area contributed by atoms with Gasteiger partial charge in [0, 0.05) is 12.1 Å². The number of aromatic nitrogens is 2. The molecule has 1 saturated carbocycles. The second kappa shape index (κ2) is 9.67. The van der Waals surface area contributed by atoms with E-state index in [2.05, 4.69) is 10.00 Å². The fourth-order valence-electron chi connectivity index (χ4n) is 4.98. The van der Waals surface area contributed by atoms with Gasteiger partial charge in [-0.2, -0.15) is 0 Å². The quantitative estimate of drug-likeness (QED) is 0.421. The summed E-state index contributed by atoms with van der Waals surface area (Å²) < 4.78 is 17.7. The number of hydrogen-bond donors (Lipinski definition) is 1. The van der Waals surface area contributed by atoms with Crippen molar-refractivity contribution in [2.24, 2.45) is 0 Å². The first-order valence-electron chi connectivity index (χ1n) is 12.0. The average molecular weight is 458 g/mol. The monoisotopic (exact) mass is 457 g/mol. The zero-order valence-electron chi connectivity index (χ0n) is 19.0. The number of halogens is 1. The molecule has 1 amide bonds. The summed E-state index contributed by atoms with van der Waals surface area (Å²) in [6.45, 7) is 0.315. The van der Waals surface area contributed by atoms with Crippen molar-refractivity contribution in [1.29, 1.82) is 0 Å². The number of hydrogen-bond acceptors (Lipinski definition) is 2. The maximum Gasteiger partial charge on any atom is 0.279 e. The maximum atomic E-state index is 13.8. The first kappa shape index (κ1) is 22.1. The molecule has 0 saturated heterocycles. The maximum absolute atomic E-state index is 13.8. The Balaban J connectivity index is 1.47. The molecule has 6 heteroatoms. The highest BCUT2D eigenvalue weighted by Crippen LogP contribution is 2.31. The molecule has 5 rings (SSSR count). The highest BCUT2D eigenvalue weighted by molar-refractivity contribution is 5.98. The van der Waals surface area contributed by atoms with Crippen molar-refractivity contribution >= 4 is 16.8 Å². The fraction of sp³-hybridized carbons (Fsp3) is 0.286. The van der Waals surface area contributed by atoms with Crippen molar-refractivity contribution in [1.82, 2.24) is 14.7 Å². The fourth-order valence-corrected chi connectivity index (χ4v) is 4.98. The van der Waals surface area contributed by atoms with Crippen molar-refractivity contribution in [3.8, 4) is 5.69 Å². The molecule has 0 atom stereocenters. The van der Waals surface area contributed by atoms with Crippen molar-refractivity contribution in [2.75, 3.05) is 6.54 Å². The Morgan fingerprint density at radius 3 is 2.44 bits per heavy atom. The number of para-hydroxylation sites is 1. The van der Waals surface area contributed by atoms with Gasteiger partial charge < -0.3 is 5.32 Å². The minimum Gasteiger partial charge on any atom is -0.352 e. The minimum absolute atomic E-state index is 0.118. The molecule has 5 nitrogen and oxygen atoms in total. The summed E-state index contributed by atoms with van der Waals surface area (Å²) in [5.41, 5.74) is 2.55. The summed E-state index contributed by atoms with van der Waals surface area (Å²) in [4.78, 5) is 26.4. The molecule has 34 heavy (non-hydrogen) atoms. The van der Waals surface area contributed by atoms with Gasteiger partial charge in [0.05, 0.1) is 22.6 Å². The lowest BCUT2D eigenvalue weighted by Crippen LogP contribution is -2.26. The molecule has 1 N–H and O–H groups in total. The summed E-state index contributed by atoms with van der Waals surface area (Å²) in [5.74, 6) is -0.544. The molecule has 0 aliphatic heterocycles. The molecule has 1 heterocycles. The van der Waals surface area contributed by atoms with Gasteiger partial charge in [0.1, 0.15) is 5.82 Å². The van der Waals surface area contributed by atoms with Crippen LogP contribution in [0.2, 0.25) is 0 Å². The number of rotatable bonds is 6. The van der Waals surface area contributed by atoms with Gasteiger partial charge in [0.2, 0.25) is 0 Å². The second-order valence-corrected chi connectivity index (χ2v) is 8.92. The van der Waals surface area contributed by atoms with Crippen LogP contribution >= 0.6 is 0 Å². The third kappa shape index (κ3) is 4.28. The smallest absolute Gasteiger partial charge is 0.279 e. The molecule has 1 aromatic heterocycles. The Kier molecular flexibility index (Phi) is 6.30. The number of fused-ring (bicyclic) bond motifs is 1. The van der Waals surface area contributed by atoms with Gasteiger partial charge in [-0.1, -0.05) is 55.7 Å². The normalized spacial score (nSPS) is 14.4. The number of benzene rings is 3. The van der Waals surface area contributed by atoms with E-state index in [9.17, 15) is 14.0 Å². The molecule has 1 aliphatic rings. The van der Waals surface area contributed by atoms with E-state index in [-0.39, 0.29) is 23.3 Å².